The summed E-state index contributed by atoms with van der Waals surface area (Å²) in [4.78, 5) is 27.7. The topological polar surface area (TPSA) is 110 Å². The highest BCUT2D eigenvalue weighted by Crippen LogP contribution is 2.29. The number of phenols is 1. The maximum absolute atomic E-state index is 12.9. The number of nitro benzene ring substituents is 1. The molecule has 134 valence electrons. The Bertz CT molecular complexity index is 1040. The first-order valence-electron chi connectivity index (χ1n) is 7.77. The molecule has 0 bridgehead atoms. The number of hydrogen-bond acceptors (Lipinski definition) is 5. The molecule has 0 aliphatic rings. The molecule has 0 fully saturated rings. The molecule has 2 heterocycles. The van der Waals surface area contributed by atoms with E-state index in [0.29, 0.717) is 23.5 Å². The predicted octanol–water partition coefficient (Wildman–Crippen LogP) is 3.83. The maximum atomic E-state index is 12.9. The summed E-state index contributed by atoms with van der Waals surface area (Å²) >= 11 is 3.45. The van der Waals surface area contributed by atoms with Gasteiger partial charge in [0.05, 0.1) is 20.8 Å². The minimum Gasteiger partial charge on any atom is -0.506 e. The summed E-state index contributed by atoms with van der Waals surface area (Å²) in [5, 5.41) is 23.4. The Labute approximate surface area is 156 Å². The number of imidazole rings is 1. The number of anilines is 1. The minimum atomic E-state index is -0.596. The summed E-state index contributed by atoms with van der Waals surface area (Å²) in [7, 11) is 0. The Morgan fingerprint density at radius 3 is 2.81 bits per heavy atom. The van der Waals surface area contributed by atoms with Crippen LogP contribution in [0.4, 0.5) is 11.4 Å². The van der Waals surface area contributed by atoms with Gasteiger partial charge in [-0.3, -0.25) is 19.3 Å². The summed E-state index contributed by atoms with van der Waals surface area (Å²) in [6, 6.07) is 5.35. The van der Waals surface area contributed by atoms with E-state index < -0.39 is 10.8 Å². The van der Waals surface area contributed by atoms with Gasteiger partial charge in [0.2, 0.25) is 0 Å². The number of nitro groups is 1. The lowest BCUT2D eigenvalue weighted by atomic mass is 10.2. The number of non-ortho nitro benzene ring substituents is 1. The standard InChI is InChI=1S/C17H15BrN4O4/c1-3-12-15(21-8-9(2)6-11(18)16(21)19-12)17(24)20-13-7-10(22(25)26)4-5-14(13)23/h4-8,23H,3H2,1-2H3,(H,20,24). The average Bonchev–Trinajstić information content (AvgIpc) is 2.95. The van der Waals surface area contributed by atoms with Gasteiger partial charge in [-0.15, -0.1) is 0 Å². The van der Waals surface area contributed by atoms with Crippen molar-refractivity contribution in [3.05, 3.63) is 62.0 Å². The van der Waals surface area contributed by atoms with Crippen LogP contribution in [0.1, 0.15) is 28.7 Å². The second-order valence-electron chi connectivity index (χ2n) is 5.73. The van der Waals surface area contributed by atoms with Crippen LogP contribution >= 0.6 is 15.9 Å². The van der Waals surface area contributed by atoms with E-state index in [4.69, 9.17) is 0 Å². The number of halogens is 1. The van der Waals surface area contributed by atoms with Crippen LogP contribution in [0.3, 0.4) is 0 Å². The Morgan fingerprint density at radius 1 is 1.42 bits per heavy atom. The van der Waals surface area contributed by atoms with E-state index in [-0.39, 0.29) is 17.1 Å². The maximum Gasteiger partial charge on any atom is 0.274 e. The average molecular weight is 419 g/mol. The lowest BCUT2D eigenvalue weighted by molar-refractivity contribution is -0.384. The fourth-order valence-electron chi connectivity index (χ4n) is 2.69. The summed E-state index contributed by atoms with van der Waals surface area (Å²) in [5.41, 5.74) is 2.16. The second kappa shape index (κ2) is 6.75. The molecule has 1 aromatic carbocycles. The zero-order valence-electron chi connectivity index (χ0n) is 14.0. The first-order valence-corrected chi connectivity index (χ1v) is 8.57. The van der Waals surface area contributed by atoms with Crippen LogP contribution in [0, 0.1) is 17.0 Å². The van der Waals surface area contributed by atoms with Crippen molar-refractivity contribution in [2.45, 2.75) is 20.3 Å². The van der Waals surface area contributed by atoms with Crippen LogP contribution < -0.4 is 5.32 Å². The summed E-state index contributed by atoms with van der Waals surface area (Å²) < 4.78 is 2.42. The number of carbonyl (C=O) groups is 1. The number of aromatic hydroxyl groups is 1. The van der Waals surface area contributed by atoms with Crippen molar-refractivity contribution in [3.8, 4) is 5.75 Å². The van der Waals surface area contributed by atoms with Crippen LogP contribution in [0.15, 0.2) is 34.9 Å². The molecule has 0 aliphatic carbocycles. The van der Waals surface area contributed by atoms with E-state index in [1.807, 2.05) is 19.9 Å². The Balaban J connectivity index is 2.08. The number of benzene rings is 1. The third-order valence-electron chi connectivity index (χ3n) is 3.87. The van der Waals surface area contributed by atoms with E-state index >= 15 is 0 Å². The molecule has 8 nitrogen and oxygen atoms in total. The zero-order valence-corrected chi connectivity index (χ0v) is 15.6. The predicted molar refractivity (Wildman–Crippen MR) is 99.7 cm³/mol. The van der Waals surface area contributed by atoms with Gasteiger partial charge in [0.15, 0.2) is 5.65 Å². The molecule has 0 saturated carbocycles. The van der Waals surface area contributed by atoms with Crippen LogP contribution in [0.5, 0.6) is 5.75 Å². The zero-order chi connectivity index (χ0) is 19.0. The second-order valence-corrected chi connectivity index (χ2v) is 6.59. The van der Waals surface area contributed by atoms with Gasteiger partial charge in [-0.2, -0.15) is 0 Å². The minimum absolute atomic E-state index is 0.0343. The number of nitrogens with zero attached hydrogens (tertiary/aromatic N) is 3. The number of rotatable bonds is 4. The molecule has 9 heteroatoms. The lowest BCUT2D eigenvalue weighted by Gasteiger charge is -2.09. The molecule has 26 heavy (non-hydrogen) atoms. The third kappa shape index (κ3) is 3.13. The molecule has 0 aliphatic heterocycles. The molecular weight excluding hydrogens is 404 g/mol. The number of carbonyl (C=O) groups excluding carboxylic acids is 1. The highest BCUT2D eigenvalue weighted by molar-refractivity contribution is 9.10. The van der Waals surface area contributed by atoms with Gasteiger partial charge < -0.3 is 10.4 Å². The number of aromatic nitrogens is 2. The number of nitrogens with one attached hydrogen (secondary N) is 1. The van der Waals surface area contributed by atoms with E-state index in [1.165, 1.54) is 6.07 Å². The molecule has 1 amide bonds. The number of fused-ring (bicyclic) bond motifs is 1. The fraction of sp³-hybridized carbons (Fsp3) is 0.176. The molecule has 3 rings (SSSR count). The van der Waals surface area contributed by atoms with Crippen LogP contribution in [-0.2, 0) is 6.42 Å². The number of phenolic OH excluding ortho intramolecular Hbond substituents is 1. The van der Waals surface area contributed by atoms with Gasteiger partial charge in [0.25, 0.3) is 11.6 Å². The Kier molecular flexibility index (Phi) is 4.64. The Morgan fingerprint density at radius 2 is 2.15 bits per heavy atom. The quantitative estimate of drug-likeness (QED) is 0.380. The third-order valence-corrected chi connectivity index (χ3v) is 4.46. The lowest BCUT2D eigenvalue weighted by Crippen LogP contribution is -2.16. The largest absolute Gasteiger partial charge is 0.506 e. The van der Waals surface area contributed by atoms with Gasteiger partial charge in [0, 0.05) is 18.3 Å². The van der Waals surface area contributed by atoms with Crippen molar-refractivity contribution >= 4 is 38.9 Å². The molecular formula is C17H15BrN4O4. The van der Waals surface area contributed by atoms with E-state index in [2.05, 4.69) is 26.2 Å². The van der Waals surface area contributed by atoms with Crippen LogP contribution in [0.25, 0.3) is 5.65 Å². The summed E-state index contributed by atoms with van der Waals surface area (Å²) in [5.74, 6) is -0.768. The van der Waals surface area contributed by atoms with Gasteiger partial charge in [-0.05, 0) is 47.0 Å². The molecule has 3 aromatic rings. The van der Waals surface area contributed by atoms with Crippen molar-refractivity contribution in [1.29, 1.82) is 0 Å². The number of aryl methyl sites for hydroxylation is 2. The van der Waals surface area contributed by atoms with E-state index in [0.717, 1.165) is 22.2 Å². The molecule has 0 spiro atoms. The van der Waals surface area contributed by atoms with E-state index in [1.54, 1.807) is 10.6 Å². The number of hydrogen-bond donors (Lipinski definition) is 2. The van der Waals surface area contributed by atoms with Crippen molar-refractivity contribution in [1.82, 2.24) is 9.38 Å². The Hall–Kier alpha value is -2.94. The molecule has 2 aromatic heterocycles. The van der Waals surface area contributed by atoms with Crippen molar-refractivity contribution in [2.75, 3.05) is 5.32 Å². The first-order chi connectivity index (χ1) is 12.3. The molecule has 0 unspecified atom stereocenters. The van der Waals surface area contributed by atoms with Gasteiger partial charge in [-0.25, -0.2) is 4.98 Å². The monoisotopic (exact) mass is 418 g/mol. The molecule has 2 N–H and O–H groups in total. The van der Waals surface area contributed by atoms with E-state index in [9.17, 15) is 20.0 Å². The molecule has 0 radical (unpaired) electrons. The summed E-state index contributed by atoms with van der Waals surface area (Å²) in [6.07, 6.45) is 2.31. The number of pyridine rings is 1. The van der Waals surface area contributed by atoms with Gasteiger partial charge in [0.1, 0.15) is 11.4 Å². The summed E-state index contributed by atoms with van der Waals surface area (Å²) in [6.45, 7) is 3.77. The van der Waals surface area contributed by atoms with Crippen LogP contribution in [-0.4, -0.2) is 25.3 Å². The normalized spacial score (nSPS) is 10.9. The first kappa shape index (κ1) is 17.9. The SMILES string of the molecule is CCc1nc2c(Br)cc(C)cn2c1C(=O)Nc1cc([N+](=O)[O-])ccc1O. The molecule has 0 atom stereocenters. The smallest absolute Gasteiger partial charge is 0.274 e. The van der Waals surface area contributed by atoms with Crippen molar-refractivity contribution in [3.63, 3.8) is 0 Å². The highest BCUT2D eigenvalue weighted by atomic mass is 79.9. The number of amides is 1. The van der Waals surface area contributed by atoms with Gasteiger partial charge in [-0.1, -0.05) is 6.92 Å². The van der Waals surface area contributed by atoms with Crippen molar-refractivity contribution < 1.29 is 14.8 Å². The van der Waals surface area contributed by atoms with Gasteiger partial charge >= 0.3 is 0 Å². The van der Waals surface area contributed by atoms with Crippen LogP contribution in [0.2, 0.25) is 0 Å². The highest BCUT2D eigenvalue weighted by Gasteiger charge is 2.21. The van der Waals surface area contributed by atoms with Crippen molar-refractivity contribution in [2.24, 2.45) is 0 Å². The molecule has 0 saturated heterocycles. The fourth-order valence-corrected chi connectivity index (χ4v) is 3.33.